The standard InChI is InChI=1S/C18H17NO5/c1-11(9-20)19-17(21)10-23-12-6-7-14-16(8-12)24-15-5-3-2-4-13(15)18(14)22/h2-8,11,20H,9-10H2,1H3,(H,19,21)/t11-/m0/s1. The minimum Gasteiger partial charge on any atom is -0.484 e. The number of fused-ring (bicyclic) bond motifs is 2. The van der Waals surface area contributed by atoms with Gasteiger partial charge in [-0.3, -0.25) is 9.59 Å². The summed E-state index contributed by atoms with van der Waals surface area (Å²) in [5.74, 6) is 0.0874. The van der Waals surface area contributed by atoms with Crippen molar-refractivity contribution < 1.29 is 19.1 Å². The van der Waals surface area contributed by atoms with Crippen LogP contribution in [0.15, 0.2) is 51.7 Å². The van der Waals surface area contributed by atoms with Gasteiger partial charge in [-0.2, -0.15) is 0 Å². The normalized spacial score (nSPS) is 12.2. The van der Waals surface area contributed by atoms with Gasteiger partial charge in [-0.15, -0.1) is 0 Å². The van der Waals surface area contributed by atoms with Crippen molar-refractivity contribution in [3.8, 4) is 5.75 Å². The fraction of sp³-hybridized carbons (Fsp3) is 0.222. The van der Waals surface area contributed by atoms with Gasteiger partial charge < -0.3 is 19.6 Å². The van der Waals surface area contributed by atoms with Crippen molar-refractivity contribution in [2.24, 2.45) is 0 Å². The Morgan fingerprint density at radius 2 is 1.96 bits per heavy atom. The first-order valence-electron chi connectivity index (χ1n) is 7.57. The second-order valence-electron chi connectivity index (χ2n) is 5.53. The minimum absolute atomic E-state index is 0.104. The molecule has 2 N–H and O–H groups in total. The maximum Gasteiger partial charge on any atom is 0.258 e. The molecule has 0 unspecified atom stereocenters. The molecule has 1 aromatic heterocycles. The van der Waals surface area contributed by atoms with Crippen molar-refractivity contribution in [3.05, 3.63) is 52.7 Å². The van der Waals surface area contributed by atoms with Crippen molar-refractivity contribution in [1.29, 1.82) is 0 Å². The molecule has 3 aromatic rings. The number of aliphatic hydroxyl groups excluding tert-OH is 1. The Bertz CT molecular complexity index is 947. The van der Waals surface area contributed by atoms with Crippen molar-refractivity contribution in [2.75, 3.05) is 13.2 Å². The highest BCUT2D eigenvalue weighted by molar-refractivity contribution is 5.90. The Hall–Kier alpha value is -2.86. The third-order valence-corrected chi connectivity index (χ3v) is 3.60. The number of nitrogens with one attached hydrogen (secondary N) is 1. The molecular weight excluding hydrogens is 310 g/mol. The first kappa shape index (κ1) is 16.0. The number of amides is 1. The van der Waals surface area contributed by atoms with Crippen molar-refractivity contribution >= 4 is 27.8 Å². The number of carbonyl (C=O) groups excluding carboxylic acids is 1. The highest BCUT2D eigenvalue weighted by Crippen LogP contribution is 2.22. The summed E-state index contributed by atoms with van der Waals surface area (Å²) in [6.45, 7) is 1.36. The van der Waals surface area contributed by atoms with Crippen LogP contribution < -0.4 is 15.5 Å². The van der Waals surface area contributed by atoms with Crippen LogP contribution in [0.1, 0.15) is 6.92 Å². The number of hydrogen-bond acceptors (Lipinski definition) is 5. The van der Waals surface area contributed by atoms with Gasteiger partial charge in [0.15, 0.2) is 6.61 Å². The largest absolute Gasteiger partial charge is 0.484 e. The molecule has 0 fully saturated rings. The molecule has 0 saturated carbocycles. The van der Waals surface area contributed by atoms with E-state index < -0.39 is 0 Å². The average Bonchev–Trinajstić information content (AvgIpc) is 2.60. The monoisotopic (exact) mass is 327 g/mol. The van der Waals surface area contributed by atoms with E-state index in [0.29, 0.717) is 27.7 Å². The van der Waals surface area contributed by atoms with E-state index in [4.69, 9.17) is 14.3 Å². The molecule has 1 atom stereocenters. The van der Waals surface area contributed by atoms with Gasteiger partial charge in [-0.05, 0) is 31.2 Å². The molecule has 1 amide bonds. The average molecular weight is 327 g/mol. The van der Waals surface area contributed by atoms with Crippen molar-refractivity contribution in [1.82, 2.24) is 5.32 Å². The summed E-state index contributed by atoms with van der Waals surface area (Å²) in [5, 5.41) is 12.5. The fourth-order valence-corrected chi connectivity index (χ4v) is 2.38. The molecule has 0 bridgehead atoms. The molecule has 2 aromatic carbocycles. The fourth-order valence-electron chi connectivity index (χ4n) is 2.38. The number of hydrogen-bond donors (Lipinski definition) is 2. The quantitative estimate of drug-likeness (QED) is 0.698. The summed E-state index contributed by atoms with van der Waals surface area (Å²) in [5.41, 5.74) is 0.801. The highest BCUT2D eigenvalue weighted by Gasteiger charge is 2.10. The summed E-state index contributed by atoms with van der Waals surface area (Å²) >= 11 is 0. The van der Waals surface area contributed by atoms with Crippen LogP contribution in [-0.2, 0) is 4.79 Å². The Labute approximate surface area is 137 Å². The smallest absolute Gasteiger partial charge is 0.258 e. The molecule has 0 spiro atoms. The molecule has 0 aliphatic rings. The van der Waals surface area contributed by atoms with Gasteiger partial charge in [-0.1, -0.05) is 12.1 Å². The second-order valence-corrected chi connectivity index (χ2v) is 5.53. The summed E-state index contributed by atoms with van der Waals surface area (Å²) in [7, 11) is 0. The Balaban J connectivity index is 1.85. The van der Waals surface area contributed by atoms with E-state index in [-0.39, 0.29) is 30.6 Å². The number of benzene rings is 2. The van der Waals surface area contributed by atoms with Crippen LogP contribution in [0.4, 0.5) is 0 Å². The lowest BCUT2D eigenvalue weighted by molar-refractivity contribution is -0.123. The van der Waals surface area contributed by atoms with Gasteiger partial charge in [0, 0.05) is 12.1 Å². The molecule has 124 valence electrons. The van der Waals surface area contributed by atoms with E-state index in [1.165, 1.54) is 0 Å². The molecule has 0 aliphatic carbocycles. The zero-order chi connectivity index (χ0) is 17.1. The lowest BCUT2D eigenvalue weighted by Crippen LogP contribution is -2.38. The van der Waals surface area contributed by atoms with E-state index in [9.17, 15) is 9.59 Å². The van der Waals surface area contributed by atoms with E-state index in [2.05, 4.69) is 5.32 Å². The molecule has 1 heterocycles. The van der Waals surface area contributed by atoms with Gasteiger partial charge in [0.25, 0.3) is 5.91 Å². The van der Waals surface area contributed by atoms with Gasteiger partial charge in [0.1, 0.15) is 16.9 Å². The highest BCUT2D eigenvalue weighted by atomic mass is 16.5. The number of carbonyl (C=O) groups is 1. The van der Waals surface area contributed by atoms with Gasteiger partial charge in [0.05, 0.1) is 17.4 Å². The van der Waals surface area contributed by atoms with E-state index in [1.807, 2.05) is 0 Å². The lowest BCUT2D eigenvalue weighted by Gasteiger charge is -2.11. The predicted octanol–water partition coefficient (Wildman–Crippen LogP) is 1.82. The van der Waals surface area contributed by atoms with Crippen LogP contribution in [-0.4, -0.2) is 30.3 Å². The zero-order valence-electron chi connectivity index (χ0n) is 13.1. The third-order valence-electron chi connectivity index (χ3n) is 3.60. The molecular formula is C18H17NO5. The van der Waals surface area contributed by atoms with E-state index in [1.54, 1.807) is 49.4 Å². The topological polar surface area (TPSA) is 88.8 Å². The molecule has 3 rings (SSSR count). The van der Waals surface area contributed by atoms with Crippen LogP contribution in [0.25, 0.3) is 21.9 Å². The summed E-state index contributed by atoms with van der Waals surface area (Å²) in [4.78, 5) is 24.1. The molecule has 0 aliphatic heterocycles. The van der Waals surface area contributed by atoms with Crippen molar-refractivity contribution in [2.45, 2.75) is 13.0 Å². The maximum atomic E-state index is 12.4. The first-order valence-corrected chi connectivity index (χ1v) is 7.57. The van der Waals surface area contributed by atoms with E-state index >= 15 is 0 Å². The van der Waals surface area contributed by atoms with E-state index in [0.717, 1.165) is 0 Å². The van der Waals surface area contributed by atoms with Crippen LogP contribution >= 0.6 is 0 Å². The van der Waals surface area contributed by atoms with Crippen LogP contribution in [0.2, 0.25) is 0 Å². The van der Waals surface area contributed by atoms with Crippen LogP contribution in [0.3, 0.4) is 0 Å². The van der Waals surface area contributed by atoms with Crippen molar-refractivity contribution in [3.63, 3.8) is 0 Å². The van der Waals surface area contributed by atoms with Crippen LogP contribution in [0, 0.1) is 0 Å². The second kappa shape index (κ2) is 6.72. The maximum absolute atomic E-state index is 12.4. The molecule has 0 saturated heterocycles. The van der Waals surface area contributed by atoms with Crippen LogP contribution in [0.5, 0.6) is 5.75 Å². The lowest BCUT2D eigenvalue weighted by atomic mass is 10.1. The van der Waals surface area contributed by atoms with Gasteiger partial charge >= 0.3 is 0 Å². The molecule has 6 nitrogen and oxygen atoms in total. The number of aliphatic hydroxyl groups is 1. The molecule has 0 radical (unpaired) electrons. The Morgan fingerprint density at radius 1 is 1.21 bits per heavy atom. The number of para-hydroxylation sites is 1. The predicted molar refractivity (Wildman–Crippen MR) is 90.2 cm³/mol. The SMILES string of the molecule is C[C@@H](CO)NC(=O)COc1ccc2c(=O)c3ccccc3oc2c1. The number of ether oxygens (including phenoxy) is 1. The summed E-state index contributed by atoms with van der Waals surface area (Å²) < 4.78 is 11.2. The zero-order valence-corrected chi connectivity index (χ0v) is 13.1. The third kappa shape index (κ3) is 3.23. The Kier molecular flexibility index (Phi) is 4.48. The summed E-state index contributed by atoms with van der Waals surface area (Å²) in [6.07, 6.45) is 0. The van der Waals surface area contributed by atoms with Gasteiger partial charge in [-0.25, -0.2) is 0 Å². The molecule has 6 heteroatoms. The number of rotatable bonds is 5. The minimum atomic E-state index is -0.336. The van der Waals surface area contributed by atoms with Gasteiger partial charge in [0.2, 0.25) is 5.43 Å². The first-order chi connectivity index (χ1) is 11.6. The molecule has 24 heavy (non-hydrogen) atoms. The Morgan fingerprint density at radius 3 is 2.75 bits per heavy atom. The summed E-state index contributed by atoms with van der Waals surface area (Å²) in [6, 6.07) is 11.5.